The molecule has 2 aromatic heterocycles. The smallest absolute Gasteiger partial charge is 0.463 e. The van der Waals surface area contributed by atoms with E-state index in [9.17, 15) is 36.0 Å². The van der Waals surface area contributed by atoms with Crippen molar-refractivity contribution in [3.8, 4) is 16.9 Å². The Morgan fingerprint density at radius 1 is 1.06 bits per heavy atom. The number of hydrogen-bond donors (Lipinski definition) is 1. The van der Waals surface area contributed by atoms with Gasteiger partial charge < -0.3 is 19.0 Å². The maximum Gasteiger partial charge on any atom is 0.511 e. The summed E-state index contributed by atoms with van der Waals surface area (Å²) in [4.78, 5) is 42.5. The Balaban J connectivity index is 1.11. The first-order valence-corrected chi connectivity index (χ1v) is 17.2. The van der Waals surface area contributed by atoms with Crippen molar-refractivity contribution >= 4 is 28.1 Å². The van der Waals surface area contributed by atoms with Crippen LogP contribution in [-0.2, 0) is 40.0 Å². The fourth-order valence-corrected chi connectivity index (χ4v) is 6.06. The van der Waals surface area contributed by atoms with E-state index in [1.54, 1.807) is 36.2 Å². The number of alkyl halides is 3. The van der Waals surface area contributed by atoms with Crippen LogP contribution in [-0.4, -0.2) is 78.3 Å². The number of aryl methyl sites for hydroxylation is 1. The zero-order chi connectivity index (χ0) is 36.9. The predicted molar refractivity (Wildman–Crippen MR) is 169 cm³/mol. The van der Waals surface area contributed by atoms with Crippen molar-refractivity contribution in [3.05, 3.63) is 65.9 Å². The Kier molecular flexibility index (Phi) is 11.0. The van der Waals surface area contributed by atoms with Crippen LogP contribution in [0.2, 0.25) is 0 Å². The summed E-state index contributed by atoms with van der Waals surface area (Å²) in [5.74, 6) is -1.71. The predicted octanol–water partition coefficient (Wildman–Crippen LogP) is 3.94. The lowest BCUT2D eigenvalue weighted by atomic mass is 10.1. The molecule has 276 valence electrons. The number of rotatable bonds is 14. The van der Waals surface area contributed by atoms with Gasteiger partial charge in [0, 0.05) is 25.5 Å². The molecule has 0 spiro atoms. The summed E-state index contributed by atoms with van der Waals surface area (Å²) in [6.07, 6.45) is -6.15. The van der Waals surface area contributed by atoms with Gasteiger partial charge in [0.2, 0.25) is 5.91 Å². The number of amides is 1. The molecular formula is C31H35F3N6O10S. The van der Waals surface area contributed by atoms with Gasteiger partial charge in [-0.2, -0.15) is 22.9 Å². The molecule has 0 radical (unpaired) electrons. The second-order valence-corrected chi connectivity index (χ2v) is 13.1. The number of esters is 1. The maximum absolute atomic E-state index is 13.5. The van der Waals surface area contributed by atoms with Crippen molar-refractivity contribution in [2.75, 3.05) is 24.8 Å². The second-order valence-electron chi connectivity index (χ2n) is 11.4. The molecule has 1 unspecified atom stereocenters. The van der Waals surface area contributed by atoms with Gasteiger partial charge >= 0.3 is 18.3 Å². The molecule has 3 heterocycles. The molecule has 1 amide bonds. The monoisotopic (exact) mass is 740 g/mol. The minimum absolute atomic E-state index is 0.0555. The molecule has 1 fully saturated rings. The van der Waals surface area contributed by atoms with Gasteiger partial charge in [0.25, 0.3) is 16.3 Å². The summed E-state index contributed by atoms with van der Waals surface area (Å²) in [6, 6.07) is 12.2. The van der Waals surface area contributed by atoms with Crippen molar-refractivity contribution in [2.24, 2.45) is 0 Å². The molecule has 2 aromatic carbocycles. The van der Waals surface area contributed by atoms with Crippen molar-refractivity contribution in [1.82, 2.24) is 24.5 Å². The number of carbonyl (C=O) groups is 3. The fourth-order valence-electron chi connectivity index (χ4n) is 5.05. The van der Waals surface area contributed by atoms with Gasteiger partial charge in [-0.3, -0.25) is 14.6 Å². The number of halogens is 3. The maximum atomic E-state index is 13.5. The molecule has 1 N–H and O–H groups in total. The highest BCUT2D eigenvalue weighted by molar-refractivity contribution is 7.90. The van der Waals surface area contributed by atoms with E-state index in [2.05, 4.69) is 9.84 Å². The molecule has 20 heteroatoms. The van der Waals surface area contributed by atoms with E-state index < -0.39 is 59.1 Å². The SMILES string of the molecule is CCOC(=O)OC(C)On1on1N1CCC[C@H]1COC(=O)CCC(=O)NS(=O)(=O)c1ccc(-n2nc(C(F)(F)F)cc2-c2ccc(C)cc2)cc1. The van der Waals surface area contributed by atoms with Crippen molar-refractivity contribution in [2.45, 2.75) is 69.9 Å². The van der Waals surface area contributed by atoms with E-state index in [0.717, 1.165) is 39.9 Å². The summed E-state index contributed by atoms with van der Waals surface area (Å²) in [5, 5.41) is 6.41. The first-order valence-electron chi connectivity index (χ1n) is 15.8. The van der Waals surface area contributed by atoms with Crippen LogP contribution in [0.1, 0.15) is 50.8 Å². The normalized spacial score (nSPS) is 15.4. The number of nitrogens with zero attached hydrogens (tertiary/aromatic N) is 5. The summed E-state index contributed by atoms with van der Waals surface area (Å²) in [7, 11) is -4.39. The van der Waals surface area contributed by atoms with Crippen LogP contribution in [0.4, 0.5) is 18.0 Å². The summed E-state index contributed by atoms with van der Waals surface area (Å²) in [6.45, 7) is 5.54. The highest BCUT2D eigenvalue weighted by Crippen LogP contribution is 2.33. The average Bonchev–Trinajstić information content (AvgIpc) is 3.42. The van der Waals surface area contributed by atoms with Crippen LogP contribution >= 0.6 is 0 Å². The second kappa shape index (κ2) is 15.2. The molecule has 1 aliphatic heterocycles. The van der Waals surface area contributed by atoms with Gasteiger partial charge in [-0.25, -0.2) is 22.6 Å². The molecule has 16 nitrogen and oxygen atoms in total. The van der Waals surface area contributed by atoms with Crippen LogP contribution < -0.4 is 14.6 Å². The molecular weight excluding hydrogens is 705 g/mol. The van der Waals surface area contributed by atoms with Gasteiger partial charge in [-0.1, -0.05) is 29.8 Å². The van der Waals surface area contributed by atoms with Crippen molar-refractivity contribution in [3.63, 3.8) is 0 Å². The number of sulfonamides is 1. The molecule has 0 bridgehead atoms. The standard InChI is InChI=1S/C31H35F3N6O10S/c1-4-46-30(43)48-21(3)49-40-39(50-40)37-17-5-6-24(37)19-47-29(42)16-15-28(41)36-51(44,45)25-13-11-23(12-14-25)38-26(18-27(35-38)31(32,33)34)22-9-7-20(2)8-10-22/h7-14,18,21,24H,4-6,15-17,19H2,1-3H3,(H,36,41)/t21?,24-,39?,40?/m0/s1. The van der Waals surface area contributed by atoms with E-state index in [4.69, 9.17) is 18.9 Å². The third kappa shape index (κ3) is 9.44. The third-order valence-corrected chi connectivity index (χ3v) is 8.96. The minimum atomic E-state index is -4.72. The molecule has 2 atom stereocenters. The molecule has 0 saturated carbocycles. The molecule has 4 aromatic rings. The molecule has 0 aliphatic carbocycles. The summed E-state index contributed by atoms with van der Waals surface area (Å²) >= 11 is 0. The Hall–Kier alpha value is -5.40. The van der Waals surface area contributed by atoms with Crippen LogP contribution in [0.25, 0.3) is 16.9 Å². The molecule has 51 heavy (non-hydrogen) atoms. The van der Waals surface area contributed by atoms with Gasteiger partial charge in [-0.05, 0) is 57.0 Å². The number of ether oxygens (including phenoxy) is 3. The number of nitrogens with one attached hydrogen (secondary N) is 1. The lowest BCUT2D eigenvalue weighted by Crippen LogP contribution is -2.41. The van der Waals surface area contributed by atoms with E-state index in [1.807, 2.05) is 11.6 Å². The summed E-state index contributed by atoms with van der Waals surface area (Å²) in [5.41, 5.74) is 0.538. The van der Waals surface area contributed by atoms with Crippen LogP contribution in [0.15, 0.2) is 64.1 Å². The number of hydrogen-bond acceptors (Lipinski definition) is 12. The van der Waals surface area contributed by atoms with E-state index in [0.29, 0.717) is 18.5 Å². The van der Waals surface area contributed by atoms with Crippen LogP contribution in [0.3, 0.4) is 0 Å². The largest absolute Gasteiger partial charge is 0.511 e. The highest BCUT2D eigenvalue weighted by Gasteiger charge is 2.36. The van der Waals surface area contributed by atoms with Crippen molar-refractivity contribution in [1.29, 1.82) is 0 Å². The summed E-state index contributed by atoms with van der Waals surface area (Å²) < 4.78 is 89.4. The minimum Gasteiger partial charge on any atom is -0.463 e. The average molecular weight is 741 g/mol. The Bertz CT molecular complexity index is 1930. The Morgan fingerprint density at radius 2 is 1.76 bits per heavy atom. The zero-order valence-corrected chi connectivity index (χ0v) is 28.5. The fraction of sp³-hybridized carbons (Fsp3) is 0.419. The Morgan fingerprint density at radius 3 is 2.43 bits per heavy atom. The lowest BCUT2D eigenvalue weighted by molar-refractivity contribution is -0.145. The van der Waals surface area contributed by atoms with Crippen LogP contribution in [0.5, 0.6) is 0 Å². The van der Waals surface area contributed by atoms with Gasteiger partial charge in [0.15, 0.2) is 5.69 Å². The number of benzene rings is 2. The highest BCUT2D eigenvalue weighted by atomic mass is 32.2. The lowest BCUT2D eigenvalue weighted by Gasteiger charge is -2.20. The third-order valence-electron chi connectivity index (χ3n) is 7.57. The number of aromatic nitrogens is 4. The molecule has 1 aliphatic rings. The van der Waals surface area contributed by atoms with Gasteiger partial charge in [-0.15, -0.1) is 0 Å². The quantitative estimate of drug-likeness (QED) is 0.146. The number of carbonyl (C=O) groups excluding carboxylic acids is 3. The van der Waals surface area contributed by atoms with Gasteiger partial charge in [0.05, 0.1) is 40.3 Å². The topological polar surface area (TPSA) is 178 Å². The Labute approximate surface area is 289 Å². The van der Waals surface area contributed by atoms with E-state index in [1.165, 1.54) is 24.0 Å². The van der Waals surface area contributed by atoms with Crippen LogP contribution in [0, 0.1) is 6.92 Å². The first-order chi connectivity index (χ1) is 24.1. The van der Waals surface area contributed by atoms with Gasteiger partial charge in [0.1, 0.15) is 11.6 Å². The van der Waals surface area contributed by atoms with Crippen molar-refractivity contribution < 1.29 is 59.6 Å². The van der Waals surface area contributed by atoms with E-state index >= 15 is 0 Å². The zero-order valence-electron chi connectivity index (χ0n) is 27.7. The molecule has 5 rings (SSSR count). The first kappa shape index (κ1) is 36.9. The van der Waals surface area contributed by atoms with E-state index in [-0.39, 0.29) is 35.5 Å². The molecule has 1 saturated heterocycles.